The molecule has 5 heteroatoms. The Hall–Kier alpha value is -2.01. The zero-order valence-corrected chi connectivity index (χ0v) is 13.0. The molecular formula is C17H23N3O2. The zero-order valence-electron chi connectivity index (χ0n) is 13.0. The summed E-state index contributed by atoms with van der Waals surface area (Å²) in [6, 6.07) is 3.61. The molecule has 1 aromatic heterocycles. The molecule has 118 valence electrons. The van der Waals surface area contributed by atoms with Gasteiger partial charge in [-0.05, 0) is 24.5 Å². The Morgan fingerprint density at radius 1 is 1.50 bits per heavy atom. The van der Waals surface area contributed by atoms with Crippen molar-refractivity contribution >= 4 is 12.1 Å². The van der Waals surface area contributed by atoms with E-state index in [1.165, 1.54) is 0 Å². The van der Waals surface area contributed by atoms with Crippen molar-refractivity contribution in [3.63, 3.8) is 0 Å². The molecule has 2 heterocycles. The highest BCUT2D eigenvalue weighted by Gasteiger charge is 2.19. The van der Waals surface area contributed by atoms with Crippen molar-refractivity contribution in [3.05, 3.63) is 41.7 Å². The first-order chi connectivity index (χ1) is 10.7. The van der Waals surface area contributed by atoms with Crippen LogP contribution in [0.3, 0.4) is 0 Å². The molecule has 1 N–H and O–H groups in total. The number of hydrogen-bond donors (Lipinski definition) is 1. The molecule has 0 saturated carbocycles. The summed E-state index contributed by atoms with van der Waals surface area (Å²) in [7, 11) is 0. The van der Waals surface area contributed by atoms with Crippen LogP contribution in [-0.2, 0) is 4.79 Å². The number of aliphatic imine (C=N–C) groups is 1. The number of carbonyl (C=O) groups excluding carboxylic acids is 1. The highest BCUT2D eigenvalue weighted by atomic mass is 16.3. The summed E-state index contributed by atoms with van der Waals surface area (Å²) < 4.78 is 0. The van der Waals surface area contributed by atoms with E-state index in [4.69, 9.17) is 0 Å². The number of aliphatic hydroxyl groups is 1. The van der Waals surface area contributed by atoms with Crippen LogP contribution in [0.15, 0.2) is 41.2 Å². The van der Waals surface area contributed by atoms with E-state index < -0.39 is 6.10 Å². The van der Waals surface area contributed by atoms with Crippen LogP contribution in [-0.4, -0.2) is 46.7 Å². The second-order valence-electron chi connectivity index (χ2n) is 5.42. The van der Waals surface area contributed by atoms with Gasteiger partial charge in [0.25, 0.3) is 0 Å². The van der Waals surface area contributed by atoms with Crippen LogP contribution in [0.5, 0.6) is 0 Å². The highest BCUT2D eigenvalue weighted by molar-refractivity contribution is 5.89. The number of nitrogens with zero attached hydrogens (tertiary/aromatic N) is 3. The first kappa shape index (κ1) is 16.4. The monoisotopic (exact) mass is 301 g/mol. The molecule has 0 radical (unpaired) electrons. The number of dihydropyridines is 1. The average Bonchev–Trinajstić information content (AvgIpc) is 2.56. The zero-order chi connectivity index (χ0) is 15.8. The van der Waals surface area contributed by atoms with Gasteiger partial charge in [0.15, 0.2) is 0 Å². The van der Waals surface area contributed by atoms with Gasteiger partial charge in [-0.15, -0.1) is 0 Å². The smallest absolute Gasteiger partial charge is 0.227 e. The van der Waals surface area contributed by atoms with Crippen molar-refractivity contribution < 1.29 is 9.90 Å². The van der Waals surface area contributed by atoms with Crippen LogP contribution < -0.4 is 0 Å². The summed E-state index contributed by atoms with van der Waals surface area (Å²) in [5, 5.41) is 10.3. The third kappa shape index (κ3) is 4.77. The van der Waals surface area contributed by atoms with Gasteiger partial charge < -0.3 is 10.0 Å². The average molecular weight is 301 g/mol. The minimum absolute atomic E-state index is 0.0318. The fraction of sp³-hybridized carbons (Fsp3) is 0.471. The van der Waals surface area contributed by atoms with Gasteiger partial charge in [-0.2, -0.15) is 0 Å². The lowest BCUT2D eigenvalue weighted by molar-refractivity contribution is -0.131. The summed E-state index contributed by atoms with van der Waals surface area (Å²) in [6.45, 7) is 3.76. The lowest BCUT2D eigenvalue weighted by atomic mass is 10.1. The summed E-state index contributed by atoms with van der Waals surface area (Å²) in [5.41, 5.74) is 1.70. The number of amides is 1. The van der Waals surface area contributed by atoms with E-state index in [-0.39, 0.29) is 5.91 Å². The van der Waals surface area contributed by atoms with E-state index in [1.54, 1.807) is 29.6 Å². The highest BCUT2D eigenvalue weighted by Crippen LogP contribution is 2.15. The maximum Gasteiger partial charge on any atom is 0.227 e. The fourth-order valence-electron chi connectivity index (χ4n) is 2.44. The van der Waals surface area contributed by atoms with Gasteiger partial charge in [-0.1, -0.05) is 19.1 Å². The van der Waals surface area contributed by atoms with E-state index >= 15 is 0 Å². The van der Waals surface area contributed by atoms with Crippen LogP contribution >= 0.6 is 0 Å². The predicted octanol–water partition coefficient (Wildman–Crippen LogP) is 2.14. The van der Waals surface area contributed by atoms with Crippen molar-refractivity contribution in [1.82, 2.24) is 9.88 Å². The molecule has 2 rings (SSSR count). The van der Waals surface area contributed by atoms with Gasteiger partial charge >= 0.3 is 0 Å². The molecule has 5 nitrogen and oxygen atoms in total. The van der Waals surface area contributed by atoms with Crippen molar-refractivity contribution in [2.45, 2.75) is 32.3 Å². The third-order valence-corrected chi connectivity index (χ3v) is 3.59. The Labute approximate surface area is 131 Å². The Morgan fingerprint density at radius 3 is 3.00 bits per heavy atom. The molecule has 1 amide bonds. The molecule has 1 aliphatic heterocycles. The van der Waals surface area contributed by atoms with E-state index in [9.17, 15) is 9.90 Å². The molecule has 1 unspecified atom stereocenters. The van der Waals surface area contributed by atoms with E-state index in [0.717, 1.165) is 30.5 Å². The SMILES string of the molecule is CCCN(CC(O)c1cccnc1)C(=O)CC1=CCCN=C1. The second kappa shape index (κ2) is 8.44. The molecule has 0 saturated heterocycles. The van der Waals surface area contributed by atoms with Crippen molar-refractivity contribution in [3.8, 4) is 0 Å². The van der Waals surface area contributed by atoms with Crippen molar-refractivity contribution in [1.29, 1.82) is 0 Å². The van der Waals surface area contributed by atoms with Crippen LogP contribution in [0, 0.1) is 0 Å². The molecular weight excluding hydrogens is 278 g/mol. The van der Waals surface area contributed by atoms with Gasteiger partial charge in [-0.25, -0.2) is 0 Å². The third-order valence-electron chi connectivity index (χ3n) is 3.59. The number of carbonyl (C=O) groups is 1. The van der Waals surface area contributed by atoms with Crippen LogP contribution in [0.25, 0.3) is 0 Å². The molecule has 0 bridgehead atoms. The number of aromatic nitrogens is 1. The summed E-state index contributed by atoms with van der Waals surface area (Å²) in [6.07, 6.45) is 8.54. The van der Waals surface area contributed by atoms with E-state index in [1.807, 2.05) is 13.0 Å². The lowest BCUT2D eigenvalue weighted by Gasteiger charge is -2.25. The van der Waals surface area contributed by atoms with Gasteiger partial charge in [0, 0.05) is 37.3 Å². The molecule has 0 fully saturated rings. The Balaban J connectivity index is 1.97. The number of pyridine rings is 1. The molecule has 1 aromatic rings. The molecule has 1 atom stereocenters. The number of aliphatic hydroxyl groups excluding tert-OH is 1. The van der Waals surface area contributed by atoms with E-state index in [0.29, 0.717) is 19.5 Å². The quantitative estimate of drug-likeness (QED) is 0.839. The summed E-state index contributed by atoms with van der Waals surface area (Å²) in [5.74, 6) is 0.0318. The van der Waals surface area contributed by atoms with Gasteiger partial charge in [-0.3, -0.25) is 14.8 Å². The Bertz CT molecular complexity index is 540. The fourth-order valence-corrected chi connectivity index (χ4v) is 2.44. The summed E-state index contributed by atoms with van der Waals surface area (Å²) >= 11 is 0. The maximum absolute atomic E-state index is 12.5. The number of rotatable bonds is 7. The van der Waals surface area contributed by atoms with Crippen LogP contribution in [0.2, 0.25) is 0 Å². The van der Waals surface area contributed by atoms with Crippen LogP contribution in [0.4, 0.5) is 0 Å². The van der Waals surface area contributed by atoms with Crippen LogP contribution in [0.1, 0.15) is 37.9 Å². The normalized spacial score (nSPS) is 15.3. The van der Waals surface area contributed by atoms with Crippen molar-refractivity contribution in [2.75, 3.05) is 19.6 Å². The molecule has 1 aliphatic rings. The molecule has 0 aliphatic carbocycles. The minimum Gasteiger partial charge on any atom is -0.386 e. The predicted molar refractivity (Wildman–Crippen MR) is 86.7 cm³/mol. The first-order valence-electron chi connectivity index (χ1n) is 7.75. The minimum atomic E-state index is -0.710. The topological polar surface area (TPSA) is 65.8 Å². The van der Waals surface area contributed by atoms with Gasteiger partial charge in [0.2, 0.25) is 5.91 Å². The Morgan fingerprint density at radius 2 is 2.36 bits per heavy atom. The van der Waals surface area contributed by atoms with Gasteiger partial charge in [0.1, 0.15) is 0 Å². The first-order valence-corrected chi connectivity index (χ1v) is 7.75. The second-order valence-corrected chi connectivity index (χ2v) is 5.42. The molecule has 0 aromatic carbocycles. The summed E-state index contributed by atoms with van der Waals surface area (Å²) in [4.78, 5) is 22.4. The number of hydrogen-bond acceptors (Lipinski definition) is 4. The standard InChI is InChI=1S/C17H23N3O2/c1-2-9-20(13-16(21)15-6-4-8-19-12-15)17(22)10-14-5-3-7-18-11-14/h4-6,8,11-12,16,21H,2-3,7,9-10,13H2,1H3. The lowest BCUT2D eigenvalue weighted by Crippen LogP contribution is -2.35. The molecule has 0 spiro atoms. The Kier molecular flexibility index (Phi) is 6.27. The van der Waals surface area contributed by atoms with E-state index in [2.05, 4.69) is 16.1 Å². The maximum atomic E-state index is 12.5. The van der Waals surface area contributed by atoms with Crippen molar-refractivity contribution in [2.24, 2.45) is 4.99 Å². The molecule has 22 heavy (non-hydrogen) atoms. The van der Waals surface area contributed by atoms with Gasteiger partial charge in [0.05, 0.1) is 19.1 Å². The largest absolute Gasteiger partial charge is 0.386 e.